The third kappa shape index (κ3) is 5.18. The van der Waals surface area contributed by atoms with Gasteiger partial charge < -0.3 is 0 Å². The van der Waals surface area contributed by atoms with Crippen LogP contribution in [0.2, 0.25) is 0 Å². The second kappa shape index (κ2) is 11.7. The molecule has 0 N–H and O–H groups in total. The number of benzene rings is 8. The molecule has 1 heterocycles. The Bertz CT molecular complexity index is 2690. The fourth-order valence-electron chi connectivity index (χ4n) is 6.35. The van der Waals surface area contributed by atoms with Crippen LogP contribution in [-0.2, 0) is 0 Å². The third-order valence-corrected chi connectivity index (χ3v) is 8.83. The number of hydrogen-bond acceptors (Lipinski definition) is 3. The highest BCUT2D eigenvalue weighted by Gasteiger charge is 2.14. The summed E-state index contributed by atoms with van der Waals surface area (Å²) in [5.74, 6) is 1.12. The predicted octanol–water partition coefficient (Wildman–Crippen LogP) is 11.7. The molecule has 48 heavy (non-hydrogen) atoms. The fourth-order valence-corrected chi connectivity index (χ4v) is 6.35. The van der Waals surface area contributed by atoms with Crippen LogP contribution in [0.25, 0.3) is 88.7 Å². The number of fused-ring (bicyclic) bond motifs is 3. The van der Waals surface area contributed by atoms with Gasteiger partial charge >= 0.3 is 0 Å². The molecule has 8 aromatic carbocycles. The minimum Gasteiger partial charge on any atom is -0.208 e. The summed E-state index contributed by atoms with van der Waals surface area (Å²) in [6, 6.07) is 52.6. The molecule has 3 heteroatoms. The van der Waals surface area contributed by atoms with E-state index in [0.717, 1.165) is 49.2 Å². The molecular weight excluding hydrogens is 583 g/mol. The first-order valence-corrected chi connectivity index (χ1v) is 15.9. The molecule has 0 unspecified atom stereocenters. The summed E-state index contributed by atoms with van der Waals surface area (Å²) in [4.78, 5) is 14.8. The summed E-state index contributed by atoms with van der Waals surface area (Å²) in [6.07, 6.45) is 0. The number of nitrogens with zero attached hydrogens (tertiary/aromatic N) is 3. The number of rotatable bonds is 5. The Hall–Kier alpha value is -6.45. The van der Waals surface area contributed by atoms with Crippen LogP contribution < -0.4 is 0 Å². The van der Waals surface area contributed by atoms with Gasteiger partial charge in [-0.3, -0.25) is 0 Å². The highest BCUT2D eigenvalue weighted by atomic mass is 15.0. The Morgan fingerprint density at radius 2 is 0.812 bits per heavy atom. The van der Waals surface area contributed by atoms with Gasteiger partial charge in [0.25, 0.3) is 0 Å². The largest absolute Gasteiger partial charge is 0.208 e. The van der Waals surface area contributed by atoms with Crippen molar-refractivity contribution in [2.75, 3.05) is 0 Å². The van der Waals surface area contributed by atoms with Gasteiger partial charge in [-0.25, -0.2) is 15.0 Å². The first-order valence-electron chi connectivity index (χ1n) is 17.4. The standard InChI is InChI=1S/C45H29N3/c1-3-12-35-28-39(25-21-30(35)9-1)44-46-43(47-45(48-44)40-26-22-31-10-2-4-13-36(31)29-40)38-16-7-15-37(27-38)32-19-23-34(24-20-32)42-18-8-14-33-11-5-6-17-41(33)42/h1-29H/i15D,16D,27D. The summed E-state index contributed by atoms with van der Waals surface area (Å²) >= 11 is 0. The molecule has 0 saturated carbocycles. The van der Waals surface area contributed by atoms with Gasteiger partial charge in [-0.1, -0.05) is 158 Å². The quantitative estimate of drug-likeness (QED) is 0.194. The van der Waals surface area contributed by atoms with Crippen molar-refractivity contribution in [3.05, 3.63) is 176 Å². The molecule has 0 radical (unpaired) electrons. The zero-order chi connectivity index (χ0) is 34.5. The predicted molar refractivity (Wildman–Crippen MR) is 200 cm³/mol. The van der Waals surface area contributed by atoms with Gasteiger partial charge in [-0.05, 0) is 72.7 Å². The molecule has 0 spiro atoms. The Labute approximate surface area is 283 Å². The molecule has 224 valence electrons. The zero-order valence-corrected chi connectivity index (χ0v) is 25.9. The van der Waals surface area contributed by atoms with E-state index in [4.69, 9.17) is 17.7 Å². The van der Waals surface area contributed by atoms with E-state index in [9.17, 15) is 1.37 Å². The second-order valence-electron chi connectivity index (χ2n) is 11.8. The highest BCUT2D eigenvalue weighted by Crippen LogP contribution is 2.33. The zero-order valence-electron chi connectivity index (χ0n) is 28.9. The maximum Gasteiger partial charge on any atom is 0.164 e. The maximum atomic E-state index is 9.45. The average Bonchev–Trinajstić information content (AvgIpc) is 3.17. The van der Waals surface area contributed by atoms with Crippen molar-refractivity contribution in [2.24, 2.45) is 0 Å². The van der Waals surface area contributed by atoms with E-state index in [1.54, 1.807) is 0 Å². The lowest BCUT2D eigenvalue weighted by Gasteiger charge is -2.11. The Balaban J connectivity index is 1.20. The molecule has 0 aliphatic carbocycles. The molecule has 0 bridgehead atoms. The van der Waals surface area contributed by atoms with E-state index in [1.165, 1.54) is 11.5 Å². The molecule has 9 rings (SSSR count). The van der Waals surface area contributed by atoms with Crippen LogP contribution in [0.4, 0.5) is 0 Å². The number of aromatic nitrogens is 3. The van der Waals surface area contributed by atoms with E-state index in [1.807, 2.05) is 84.9 Å². The van der Waals surface area contributed by atoms with E-state index in [2.05, 4.69) is 66.7 Å². The molecule has 9 aromatic rings. The SMILES string of the molecule is [2H]c1cc([2H])c(-c2nc(-c3ccc4ccccc4c3)nc(-c3ccc4ccccc4c3)n2)c([2H])c1-c1ccc(-c2cccc3ccccc23)cc1. The lowest BCUT2D eigenvalue weighted by atomic mass is 9.96. The van der Waals surface area contributed by atoms with Gasteiger partial charge in [0.1, 0.15) is 0 Å². The van der Waals surface area contributed by atoms with Crippen molar-refractivity contribution in [3.63, 3.8) is 0 Å². The molecule has 0 atom stereocenters. The summed E-state index contributed by atoms with van der Waals surface area (Å²) in [6.45, 7) is 0. The monoisotopic (exact) mass is 614 g/mol. The summed E-state index contributed by atoms with van der Waals surface area (Å²) in [7, 11) is 0. The van der Waals surface area contributed by atoms with Gasteiger partial charge in [-0.15, -0.1) is 0 Å². The fraction of sp³-hybridized carbons (Fsp3) is 0. The Morgan fingerprint density at radius 3 is 1.46 bits per heavy atom. The Kier molecular flexibility index (Phi) is 6.04. The topological polar surface area (TPSA) is 38.7 Å². The van der Waals surface area contributed by atoms with Gasteiger partial charge in [0, 0.05) is 16.7 Å². The van der Waals surface area contributed by atoms with Crippen LogP contribution in [0.15, 0.2) is 176 Å². The smallest absolute Gasteiger partial charge is 0.164 e. The molecule has 0 aliphatic rings. The van der Waals surface area contributed by atoms with Crippen LogP contribution in [0, 0.1) is 0 Å². The van der Waals surface area contributed by atoms with Crippen molar-refractivity contribution >= 4 is 32.3 Å². The van der Waals surface area contributed by atoms with E-state index >= 15 is 0 Å². The van der Waals surface area contributed by atoms with Crippen molar-refractivity contribution in [2.45, 2.75) is 0 Å². The second-order valence-corrected chi connectivity index (χ2v) is 11.8. The minimum absolute atomic E-state index is 0.0150. The van der Waals surface area contributed by atoms with Gasteiger partial charge in [-0.2, -0.15) is 0 Å². The van der Waals surface area contributed by atoms with E-state index < -0.39 is 0 Å². The molecule has 3 nitrogen and oxygen atoms in total. The molecule has 0 aliphatic heterocycles. The normalized spacial score (nSPS) is 12.2. The van der Waals surface area contributed by atoms with Crippen LogP contribution in [0.3, 0.4) is 0 Å². The molecule has 0 fully saturated rings. The van der Waals surface area contributed by atoms with E-state index in [-0.39, 0.29) is 29.5 Å². The molecule has 1 aromatic heterocycles. The maximum absolute atomic E-state index is 9.45. The van der Waals surface area contributed by atoms with E-state index in [0.29, 0.717) is 22.8 Å². The van der Waals surface area contributed by atoms with Crippen molar-refractivity contribution in [1.29, 1.82) is 0 Å². The summed E-state index contributed by atoms with van der Waals surface area (Å²) in [5, 5.41) is 6.65. The first kappa shape index (κ1) is 24.7. The van der Waals surface area contributed by atoms with Crippen molar-refractivity contribution in [3.8, 4) is 56.4 Å². The molecule has 0 amide bonds. The summed E-state index contributed by atoms with van der Waals surface area (Å²) < 4.78 is 27.3. The van der Waals surface area contributed by atoms with Crippen molar-refractivity contribution in [1.82, 2.24) is 15.0 Å². The van der Waals surface area contributed by atoms with Gasteiger partial charge in [0.05, 0.1) is 4.11 Å². The van der Waals surface area contributed by atoms with Crippen LogP contribution in [0.5, 0.6) is 0 Å². The molecule has 0 saturated heterocycles. The molecular formula is C45H29N3. The van der Waals surface area contributed by atoms with Crippen molar-refractivity contribution < 1.29 is 4.11 Å². The van der Waals surface area contributed by atoms with Crippen LogP contribution in [-0.4, -0.2) is 15.0 Å². The lowest BCUT2D eigenvalue weighted by Crippen LogP contribution is -2.00. The van der Waals surface area contributed by atoms with Gasteiger partial charge in [0.15, 0.2) is 17.5 Å². The highest BCUT2D eigenvalue weighted by molar-refractivity contribution is 5.97. The van der Waals surface area contributed by atoms with Crippen LogP contribution in [0.1, 0.15) is 4.11 Å². The average molecular weight is 615 g/mol. The van der Waals surface area contributed by atoms with Crippen LogP contribution >= 0.6 is 0 Å². The number of hydrogen-bond donors (Lipinski definition) is 0. The third-order valence-electron chi connectivity index (χ3n) is 8.83. The first-order chi connectivity index (χ1) is 25.0. The Morgan fingerprint density at radius 1 is 0.333 bits per heavy atom. The van der Waals surface area contributed by atoms with Gasteiger partial charge in [0.2, 0.25) is 0 Å². The lowest BCUT2D eigenvalue weighted by molar-refractivity contribution is 1.08. The summed E-state index contributed by atoms with van der Waals surface area (Å²) in [5.41, 5.74) is 5.16. The minimum atomic E-state index is 0.0150.